The van der Waals surface area contributed by atoms with Gasteiger partial charge in [-0.15, -0.1) is 0 Å². The number of carbonyl (C=O) groups is 1. The van der Waals surface area contributed by atoms with Gasteiger partial charge in [-0.2, -0.15) is 0 Å². The molecule has 0 aliphatic carbocycles. The standard InChI is InChI=1S/C15H25N5O/c1-4-20-7-5-13(6-8-20)19(3)15(21)12-9-11(2)17-14(10-12)18-16/h9-10,13H,4-8,16H2,1-3H3,(H,17,18). The molecule has 3 N–H and O–H groups in total. The largest absolute Gasteiger partial charge is 0.339 e. The van der Waals surface area contributed by atoms with Crippen LogP contribution in [0, 0.1) is 6.92 Å². The third-order valence-corrected chi connectivity index (χ3v) is 4.22. The number of nitrogens with zero attached hydrogens (tertiary/aromatic N) is 3. The summed E-state index contributed by atoms with van der Waals surface area (Å²) in [7, 11) is 1.89. The van der Waals surface area contributed by atoms with E-state index in [4.69, 9.17) is 5.84 Å². The van der Waals surface area contributed by atoms with E-state index in [1.165, 1.54) is 0 Å². The van der Waals surface area contributed by atoms with E-state index in [2.05, 4.69) is 22.2 Å². The van der Waals surface area contributed by atoms with Gasteiger partial charge in [0, 0.05) is 37.4 Å². The number of amides is 1. The fourth-order valence-corrected chi connectivity index (χ4v) is 2.86. The van der Waals surface area contributed by atoms with Gasteiger partial charge in [-0.1, -0.05) is 6.92 Å². The van der Waals surface area contributed by atoms with Gasteiger partial charge in [0.1, 0.15) is 5.82 Å². The topological polar surface area (TPSA) is 74.5 Å². The predicted molar refractivity (Wildman–Crippen MR) is 84.0 cm³/mol. The molecule has 0 radical (unpaired) electrons. The Hall–Kier alpha value is -1.66. The van der Waals surface area contributed by atoms with Crippen molar-refractivity contribution < 1.29 is 4.79 Å². The van der Waals surface area contributed by atoms with E-state index in [1.54, 1.807) is 12.1 Å². The van der Waals surface area contributed by atoms with E-state index in [0.29, 0.717) is 17.4 Å². The Morgan fingerprint density at radius 2 is 2.14 bits per heavy atom. The highest BCUT2D eigenvalue weighted by molar-refractivity contribution is 5.95. The zero-order chi connectivity index (χ0) is 15.4. The van der Waals surface area contributed by atoms with Crippen LogP contribution in [0.4, 0.5) is 5.82 Å². The second kappa shape index (κ2) is 6.87. The second-order valence-electron chi connectivity index (χ2n) is 5.61. The Bertz CT molecular complexity index is 497. The molecule has 1 saturated heterocycles. The van der Waals surface area contributed by atoms with Crippen LogP contribution in [0.3, 0.4) is 0 Å². The first-order valence-electron chi connectivity index (χ1n) is 7.50. The third kappa shape index (κ3) is 3.71. The van der Waals surface area contributed by atoms with E-state index >= 15 is 0 Å². The molecule has 2 rings (SSSR count). The molecule has 0 unspecified atom stereocenters. The van der Waals surface area contributed by atoms with E-state index in [-0.39, 0.29) is 5.91 Å². The maximum atomic E-state index is 12.6. The monoisotopic (exact) mass is 291 g/mol. The van der Waals surface area contributed by atoms with Crippen LogP contribution in [-0.4, -0.2) is 53.4 Å². The number of hydrazine groups is 1. The minimum absolute atomic E-state index is 0.0342. The van der Waals surface area contributed by atoms with Gasteiger partial charge in [-0.25, -0.2) is 10.8 Å². The molecule has 1 fully saturated rings. The lowest BCUT2D eigenvalue weighted by molar-refractivity contribution is 0.0646. The molecule has 21 heavy (non-hydrogen) atoms. The maximum absolute atomic E-state index is 12.6. The number of piperidine rings is 1. The molecule has 0 bridgehead atoms. The number of nitrogens with two attached hydrogens (primary N) is 1. The number of likely N-dealkylation sites (tertiary alicyclic amines) is 1. The number of rotatable bonds is 4. The summed E-state index contributed by atoms with van der Waals surface area (Å²) in [5.74, 6) is 5.95. The quantitative estimate of drug-likeness (QED) is 0.645. The van der Waals surface area contributed by atoms with Crippen molar-refractivity contribution in [3.8, 4) is 0 Å². The first-order chi connectivity index (χ1) is 10.0. The minimum Gasteiger partial charge on any atom is -0.339 e. The molecule has 6 nitrogen and oxygen atoms in total. The number of pyridine rings is 1. The lowest BCUT2D eigenvalue weighted by atomic mass is 10.0. The van der Waals surface area contributed by atoms with Crippen LogP contribution in [0.1, 0.15) is 35.8 Å². The number of nitrogens with one attached hydrogen (secondary N) is 1. The molecule has 0 saturated carbocycles. The Morgan fingerprint density at radius 1 is 1.48 bits per heavy atom. The summed E-state index contributed by atoms with van der Waals surface area (Å²) >= 11 is 0. The Labute approximate surface area is 126 Å². The minimum atomic E-state index is 0.0342. The summed E-state index contributed by atoms with van der Waals surface area (Å²) in [6.07, 6.45) is 2.06. The zero-order valence-corrected chi connectivity index (χ0v) is 13.1. The maximum Gasteiger partial charge on any atom is 0.254 e. The van der Waals surface area contributed by atoms with E-state index < -0.39 is 0 Å². The van der Waals surface area contributed by atoms with Gasteiger partial charge in [0.05, 0.1) is 0 Å². The van der Waals surface area contributed by atoms with Gasteiger partial charge < -0.3 is 15.2 Å². The normalized spacial score (nSPS) is 16.8. The fourth-order valence-electron chi connectivity index (χ4n) is 2.86. The summed E-state index contributed by atoms with van der Waals surface area (Å²) in [6, 6.07) is 3.82. The molecular formula is C15H25N5O. The van der Waals surface area contributed by atoms with Crippen molar-refractivity contribution >= 4 is 11.7 Å². The van der Waals surface area contributed by atoms with Gasteiger partial charge in [0.15, 0.2) is 0 Å². The first kappa shape index (κ1) is 15.7. The molecular weight excluding hydrogens is 266 g/mol. The molecule has 1 aliphatic rings. The lowest BCUT2D eigenvalue weighted by Gasteiger charge is -2.36. The van der Waals surface area contributed by atoms with Crippen LogP contribution < -0.4 is 11.3 Å². The molecule has 1 aromatic rings. The molecule has 0 aromatic carbocycles. The van der Waals surface area contributed by atoms with Crippen molar-refractivity contribution in [1.29, 1.82) is 0 Å². The van der Waals surface area contributed by atoms with Crippen LogP contribution in [-0.2, 0) is 0 Å². The third-order valence-electron chi connectivity index (χ3n) is 4.22. The molecule has 1 aliphatic heterocycles. The molecule has 6 heteroatoms. The lowest BCUT2D eigenvalue weighted by Crippen LogP contribution is -2.45. The van der Waals surface area contributed by atoms with E-state index in [9.17, 15) is 4.79 Å². The second-order valence-corrected chi connectivity index (χ2v) is 5.61. The molecule has 2 heterocycles. The highest BCUT2D eigenvalue weighted by Crippen LogP contribution is 2.18. The molecule has 116 valence electrons. The number of aryl methyl sites for hydroxylation is 1. The Balaban J connectivity index is 2.07. The van der Waals surface area contributed by atoms with Gasteiger partial charge in [0.2, 0.25) is 0 Å². The van der Waals surface area contributed by atoms with Crippen molar-refractivity contribution in [2.75, 3.05) is 32.1 Å². The highest BCUT2D eigenvalue weighted by atomic mass is 16.2. The van der Waals surface area contributed by atoms with Crippen molar-refractivity contribution in [1.82, 2.24) is 14.8 Å². The average molecular weight is 291 g/mol. The van der Waals surface area contributed by atoms with Crippen molar-refractivity contribution in [3.05, 3.63) is 23.4 Å². The van der Waals surface area contributed by atoms with Crippen LogP contribution in [0.2, 0.25) is 0 Å². The number of anilines is 1. The average Bonchev–Trinajstić information content (AvgIpc) is 2.52. The van der Waals surface area contributed by atoms with Gasteiger partial charge >= 0.3 is 0 Å². The summed E-state index contributed by atoms with van der Waals surface area (Å²) in [4.78, 5) is 21.1. The van der Waals surface area contributed by atoms with Crippen molar-refractivity contribution in [2.45, 2.75) is 32.7 Å². The van der Waals surface area contributed by atoms with Crippen molar-refractivity contribution in [2.24, 2.45) is 5.84 Å². The van der Waals surface area contributed by atoms with Gasteiger partial charge in [0.25, 0.3) is 5.91 Å². The van der Waals surface area contributed by atoms with E-state index in [1.807, 2.05) is 18.9 Å². The molecule has 0 spiro atoms. The summed E-state index contributed by atoms with van der Waals surface area (Å²) < 4.78 is 0. The zero-order valence-electron chi connectivity index (χ0n) is 13.1. The van der Waals surface area contributed by atoms with Crippen LogP contribution >= 0.6 is 0 Å². The summed E-state index contributed by atoms with van der Waals surface area (Å²) in [5.41, 5.74) is 3.92. The summed E-state index contributed by atoms with van der Waals surface area (Å²) in [5, 5.41) is 0. The fraction of sp³-hybridized carbons (Fsp3) is 0.600. The number of aromatic nitrogens is 1. The van der Waals surface area contributed by atoms with Crippen LogP contribution in [0.5, 0.6) is 0 Å². The molecule has 1 amide bonds. The number of hydrogen-bond acceptors (Lipinski definition) is 5. The molecule has 1 aromatic heterocycles. The number of nitrogen functional groups attached to an aromatic ring is 1. The van der Waals surface area contributed by atoms with Gasteiger partial charge in [-0.05, 0) is 38.4 Å². The number of hydrogen-bond donors (Lipinski definition) is 2. The van der Waals surface area contributed by atoms with E-state index in [0.717, 1.165) is 38.2 Å². The predicted octanol–water partition coefficient (Wildman–Crippen LogP) is 1.23. The Morgan fingerprint density at radius 3 is 2.71 bits per heavy atom. The van der Waals surface area contributed by atoms with Crippen molar-refractivity contribution in [3.63, 3.8) is 0 Å². The SMILES string of the molecule is CCN1CCC(N(C)C(=O)c2cc(C)nc(NN)c2)CC1. The smallest absolute Gasteiger partial charge is 0.254 e. The van der Waals surface area contributed by atoms with Crippen LogP contribution in [0.25, 0.3) is 0 Å². The first-order valence-corrected chi connectivity index (χ1v) is 7.50. The molecule has 0 atom stereocenters. The van der Waals surface area contributed by atoms with Gasteiger partial charge in [-0.3, -0.25) is 4.79 Å². The highest BCUT2D eigenvalue weighted by Gasteiger charge is 2.25. The Kier molecular flexibility index (Phi) is 5.14. The summed E-state index contributed by atoms with van der Waals surface area (Å²) in [6.45, 7) is 7.24. The van der Waals surface area contributed by atoms with Crippen LogP contribution in [0.15, 0.2) is 12.1 Å². The number of carbonyl (C=O) groups excluding carboxylic acids is 1.